The molecule has 0 saturated carbocycles. The fourth-order valence-electron chi connectivity index (χ4n) is 3.58. The third kappa shape index (κ3) is 3.76. The van der Waals surface area contributed by atoms with Gasteiger partial charge in [-0.25, -0.2) is 9.98 Å². The van der Waals surface area contributed by atoms with Gasteiger partial charge >= 0.3 is 0 Å². The number of aryl methyl sites for hydroxylation is 1. The third-order valence-electron chi connectivity index (χ3n) is 5.05. The van der Waals surface area contributed by atoms with Crippen LogP contribution in [0, 0.1) is 6.92 Å². The molecule has 8 nitrogen and oxygen atoms in total. The number of benzene rings is 1. The zero-order valence-corrected chi connectivity index (χ0v) is 16.4. The Morgan fingerprint density at radius 1 is 1.21 bits per heavy atom. The highest BCUT2D eigenvalue weighted by Gasteiger charge is 2.29. The highest BCUT2D eigenvalue weighted by Crippen LogP contribution is 2.27. The average molecular weight is 403 g/mol. The molecule has 2 aliphatic rings. The van der Waals surface area contributed by atoms with Crippen molar-refractivity contribution in [1.82, 2.24) is 19.4 Å². The number of aromatic nitrogens is 2. The second kappa shape index (κ2) is 7.90. The minimum atomic E-state index is -0.500. The van der Waals surface area contributed by atoms with Gasteiger partial charge in [-0.1, -0.05) is 23.7 Å². The molecular formula is C19H23ClN6O2. The lowest BCUT2D eigenvalue weighted by atomic mass is 10.1. The highest BCUT2D eigenvalue weighted by molar-refractivity contribution is 6.30. The van der Waals surface area contributed by atoms with Gasteiger partial charge in [0.2, 0.25) is 11.9 Å². The summed E-state index contributed by atoms with van der Waals surface area (Å²) in [5, 5.41) is 13.0. The fraction of sp³-hybridized carbons (Fsp3) is 0.421. The van der Waals surface area contributed by atoms with E-state index in [1.165, 1.54) is 6.07 Å². The van der Waals surface area contributed by atoms with Crippen molar-refractivity contribution in [2.45, 2.75) is 13.1 Å². The standard InChI is InChI=1S/C19H23ClN6O2/c1-13-12-16(28)26-17(14-2-4-15(20)5-3-14)22-18(23-19(26)21-13)25-8-6-24(7-9-25)10-11-27/h2-5,12,17,27H,6-11H2,1H3,(H,21,22,23). The van der Waals surface area contributed by atoms with Crippen LogP contribution in [0.5, 0.6) is 0 Å². The van der Waals surface area contributed by atoms with Crippen LogP contribution in [0.4, 0.5) is 5.95 Å². The van der Waals surface area contributed by atoms with E-state index in [0.717, 1.165) is 31.7 Å². The van der Waals surface area contributed by atoms with Crippen LogP contribution in [-0.4, -0.2) is 69.7 Å². The van der Waals surface area contributed by atoms with E-state index in [1.807, 2.05) is 12.1 Å². The van der Waals surface area contributed by atoms with Gasteiger partial charge in [-0.3, -0.25) is 19.6 Å². The Morgan fingerprint density at radius 2 is 1.93 bits per heavy atom. The molecule has 2 aromatic rings. The molecule has 0 radical (unpaired) electrons. The molecule has 4 rings (SSSR count). The monoisotopic (exact) mass is 402 g/mol. The van der Waals surface area contributed by atoms with E-state index in [-0.39, 0.29) is 12.2 Å². The fourth-order valence-corrected chi connectivity index (χ4v) is 3.71. The van der Waals surface area contributed by atoms with Crippen molar-refractivity contribution in [2.24, 2.45) is 4.99 Å². The summed E-state index contributed by atoms with van der Waals surface area (Å²) in [5.74, 6) is 1.20. The molecule has 2 aliphatic heterocycles. The molecule has 28 heavy (non-hydrogen) atoms. The first kappa shape index (κ1) is 18.9. The molecule has 9 heteroatoms. The number of guanidine groups is 1. The zero-order chi connectivity index (χ0) is 19.7. The normalized spacial score (nSPS) is 19.8. The molecule has 0 aliphatic carbocycles. The van der Waals surface area contributed by atoms with E-state index >= 15 is 0 Å². The number of aliphatic hydroxyl groups excluding tert-OH is 1. The van der Waals surface area contributed by atoms with E-state index in [4.69, 9.17) is 21.7 Å². The van der Waals surface area contributed by atoms with Crippen LogP contribution in [0.25, 0.3) is 0 Å². The molecular weight excluding hydrogens is 380 g/mol. The SMILES string of the molecule is Cc1cc(=O)n2c(n1)NC(N1CCN(CCO)CC1)=NC2c1ccc(Cl)cc1. The number of hydrogen-bond acceptors (Lipinski definition) is 7. The average Bonchev–Trinajstić information content (AvgIpc) is 2.68. The van der Waals surface area contributed by atoms with Gasteiger partial charge in [0.15, 0.2) is 6.17 Å². The van der Waals surface area contributed by atoms with Crippen molar-refractivity contribution in [3.63, 3.8) is 0 Å². The van der Waals surface area contributed by atoms with Gasteiger partial charge in [-0.05, 0) is 24.6 Å². The Kier molecular flexibility index (Phi) is 5.34. The van der Waals surface area contributed by atoms with Crippen molar-refractivity contribution in [3.05, 3.63) is 57.0 Å². The number of aliphatic imine (C=N–C) groups is 1. The van der Waals surface area contributed by atoms with Gasteiger partial charge in [0.1, 0.15) is 0 Å². The van der Waals surface area contributed by atoms with E-state index < -0.39 is 6.17 Å². The van der Waals surface area contributed by atoms with Crippen LogP contribution in [0.3, 0.4) is 0 Å². The number of fused-ring (bicyclic) bond motifs is 1. The van der Waals surface area contributed by atoms with E-state index in [2.05, 4.69) is 20.1 Å². The lowest BCUT2D eigenvalue weighted by molar-refractivity contribution is 0.146. The molecule has 1 aromatic carbocycles. The molecule has 1 saturated heterocycles. The number of rotatable bonds is 3. The number of nitrogens with zero attached hydrogens (tertiary/aromatic N) is 5. The first-order chi connectivity index (χ1) is 13.5. The summed E-state index contributed by atoms with van der Waals surface area (Å²) < 4.78 is 1.57. The maximum atomic E-state index is 12.7. The summed E-state index contributed by atoms with van der Waals surface area (Å²) in [6.07, 6.45) is -0.500. The first-order valence-corrected chi connectivity index (χ1v) is 9.71. The summed E-state index contributed by atoms with van der Waals surface area (Å²) in [6, 6.07) is 8.88. The number of aliphatic hydroxyl groups is 1. The largest absolute Gasteiger partial charge is 0.395 e. The van der Waals surface area contributed by atoms with E-state index in [9.17, 15) is 4.79 Å². The minimum Gasteiger partial charge on any atom is -0.395 e. The summed E-state index contributed by atoms with van der Waals surface area (Å²) in [5.41, 5.74) is 1.38. The molecule has 2 N–H and O–H groups in total. The lowest BCUT2D eigenvalue weighted by Crippen LogP contribution is -2.52. The van der Waals surface area contributed by atoms with Crippen molar-refractivity contribution >= 4 is 23.5 Å². The van der Waals surface area contributed by atoms with Crippen LogP contribution in [0.15, 0.2) is 40.1 Å². The smallest absolute Gasteiger partial charge is 0.257 e. The quantitative estimate of drug-likeness (QED) is 0.800. The third-order valence-corrected chi connectivity index (χ3v) is 5.30. The van der Waals surface area contributed by atoms with Crippen LogP contribution < -0.4 is 10.9 Å². The molecule has 0 amide bonds. The maximum Gasteiger partial charge on any atom is 0.257 e. The number of anilines is 1. The zero-order valence-electron chi connectivity index (χ0n) is 15.7. The van der Waals surface area contributed by atoms with Crippen LogP contribution in [0.1, 0.15) is 17.4 Å². The second-order valence-corrected chi connectivity index (χ2v) is 7.42. The second-order valence-electron chi connectivity index (χ2n) is 6.98. The number of piperazine rings is 1. The highest BCUT2D eigenvalue weighted by atomic mass is 35.5. The van der Waals surface area contributed by atoms with Crippen molar-refractivity contribution < 1.29 is 5.11 Å². The molecule has 1 unspecified atom stereocenters. The predicted octanol–water partition coefficient (Wildman–Crippen LogP) is 1.14. The van der Waals surface area contributed by atoms with E-state index in [1.54, 1.807) is 23.6 Å². The molecule has 1 atom stereocenters. The summed E-state index contributed by atoms with van der Waals surface area (Å²) >= 11 is 6.03. The van der Waals surface area contributed by atoms with Gasteiger partial charge in [0, 0.05) is 49.5 Å². The van der Waals surface area contributed by atoms with Gasteiger partial charge < -0.3 is 10.0 Å². The van der Waals surface area contributed by atoms with Gasteiger partial charge in [0.05, 0.1) is 6.61 Å². The van der Waals surface area contributed by atoms with Crippen LogP contribution in [0.2, 0.25) is 5.02 Å². The Bertz CT molecular complexity index is 934. The Balaban J connectivity index is 1.69. The Labute approximate surface area is 168 Å². The number of hydrogen-bond donors (Lipinski definition) is 2. The van der Waals surface area contributed by atoms with Gasteiger partial charge in [-0.15, -0.1) is 0 Å². The first-order valence-electron chi connectivity index (χ1n) is 9.34. The van der Waals surface area contributed by atoms with Gasteiger partial charge in [0.25, 0.3) is 5.56 Å². The molecule has 148 valence electrons. The molecule has 3 heterocycles. The minimum absolute atomic E-state index is 0.148. The number of halogens is 1. The number of nitrogens with one attached hydrogen (secondary N) is 1. The number of β-amino-alcohol motifs (C(OH)–C–C–N with tert-alkyl or cyclic N) is 1. The predicted molar refractivity (Wildman–Crippen MR) is 109 cm³/mol. The van der Waals surface area contributed by atoms with Crippen molar-refractivity contribution in [3.8, 4) is 0 Å². The lowest BCUT2D eigenvalue weighted by Gasteiger charge is -2.38. The Morgan fingerprint density at radius 3 is 2.61 bits per heavy atom. The summed E-state index contributed by atoms with van der Waals surface area (Å²) in [7, 11) is 0. The summed E-state index contributed by atoms with van der Waals surface area (Å²) in [4.78, 5) is 26.4. The van der Waals surface area contributed by atoms with E-state index in [0.29, 0.717) is 29.2 Å². The topological polar surface area (TPSA) is 86.0 Å². The molecule has 1 aromatic heterocycles. The molecule has 0 spiro atoms. The van der Waals surface area contributed by atoms with Gasteiger partial charge in [-0.2, -0.15) is 0 Å². The van der Waals surface area contributed by atoms with Crippen molar-refractivity contribution in [1.29, 1.82) is 0 Å². The van der Waals surface area contributed by atoms with Crippen LogP contribution >= 0.6 is 11.6 Å². The molecule has 0 bridgehead atoms. The van der Waals surface area contributed by atoms with Crippen LogP contribution in [-0.2, 0) is 0 Å². The van der Waals surface area contributed by atoms with Crippen molar-refractivity contribution in [2.75, 3.05) is 44.6 Å². The molecule has 1 fully saturated rings. The Hall–Kier alpha value is -2.42. The maximum absolute atomic E-state index is 12.7. The summed E-state index contributed by atoms with van der Waals surface area (Å²) in [6.45, 7) is 5.92.